The standard InChI is InChI=1S/C10H7FN4/c11-10-2-1-8(3-9(10)4-12)5-15-7-13-6-14-15/h1-3,6-7H,5H2. The number of hydrogen-bond acceptors (Lipinski definition) is 3. The Morgan fingerprint density at radius 2 is 2.33 bits per heavy atom. The van der Waals surface area contributed by atoms with E-state index in [9.17, 15) is 4.39 Å². The van der Waals surface area contributed by atoms with Crippen LogP contribution in [0.15, 0.2) is 30.9 Å². The molecule has 0 aliphatic carbocycles. The van der Waals surface area contributed by atoms with Gasteiger partial charge in [0.15, 0.2) is 0 Å². The maximum Gasteiger partial charge on any atom is 0.140 e. The van der Waals surface area contributed by atoms with Crippen molar-refractivity contribution in [2.75, 3.05) is 0 Å². The first-order valence-corrected chi connectivity index (χ1v) is 4.30. The van der Waals surface area contributed by atoms with Crippen LogP contribution < -0.4 is 0 Å². The van der Waals surface area contributed by atoms with Gasteiger partial charge >= 0.3 is 0 Å². The molecule has 4 nitrogen and oxygen atoms in total. The van der Waals surface area contributed by atoms with Crippen LogP contribution in [-0.4, -0.2) is 14.8 Å². The van der Waals surface area contributed by atoms with Crippen LogP contribution in [0.1, 0.15) is 11.1 Å². The van der Waals surface area contributed by atoms with E-state index < -0.39 is 5.82 Å². The third-order valence-electron chi connectivity index (χ3n) is 1.96. The van der Waals surface area contributed by atoms with E-state index in [0.717, 1.165) is 5.56 Å². The summed E-state index contributed by atoms with van der Waals surface area (Å²) in [7, 11) is 0. The van der Waals surface area contributed by atoms with Gasteiger partial charge in [0.05, 0.1) is 12.1 Å². The lowest BCUT2D eigenvalue weighted by Crippen LogP contribution is -2.00. The van der Waals surface area contributed by atoms with Gasteiger partial charge in [-0.2, -0.15) is 10.4 Å². The minimum absolute atomic E-state index is 0.0487. The summed E-state index contributed by atoms with van der Waals surface area (Å²) in [4.78, 5) is 3.79. The van der Waals surface area contributed by atoms with E-state index in [1.165, 1.54) is 18.5 Å². The number of nitrogens with zero attached hydrogens (tertiary/aromatic N) is 4. The second kappa shape index (κ2) is 3.88. The van der Waals surface area contributed by atoms with Crippen LogP contribution in [0.25, 0.3) is 0 Å². The smallest absolute Gasteiger partial charge is 0.140 e. The van der Waals surface area contributed by atoms with Gasteiger partial charge < -0.3 is 0 Å². The van der Waals surface area contributed by atoms with Crippen molar-refractivity contribution >= 4 is 0 Å². The lowest BCUT2D eigenvalue weighted by molar-refractivity contribution is 0.620. The molecule has 0 saturated carbocycles. The molecule has 0 fully saturated rings. The topological polar surface area (TPSA) is 54.5 Å². The quantitative estimate of drug-likeness (QED) is 0.738. The van der Waals surface area contributed by atoms with E-state index in [4.69, 9.17) is 5.26 Å². The van der Waals surface area contributed by atoms with E-state index in [-0.39, 0.29) is 5.56 Å². The molecule has 2 aromatic rings. The number of nitriles is 1. The average Bonchev–Trinajstić information content (AvgIpc) is 2.73. The van der Waals surface area contributed by atoms with Gasteiger partial charge in [0.2, 0.25) is 0 Å². The van der Waals surface area contributed by atoms with Crippen LogP contribution in [-0.2, 0) is 6.54 Å². The van der Waals surface area contributed by atoms with Crippen LogP contribution in [0.5, 0.6) is 0 Å². The van der Waals surface area contributed by atoms with Crippen LogP contribution in [0.4, 0.5) is 4.39 Å². The van der Waals surface area contributed by atoms with Crippen molar-refractivity contribution in [1.82, 2.24) is 14.8 Å². The highest BCUT2D eigenvalue weighted by molar-refractivity contribution is 5.34. The lowest BCUT2D eigenvalue weighted by atomic mass is 10.1. The maximum absolute atomic E-state index is 13.0. The number of aromatic nitrogens is 3. The van der Waals surface area contributed by atoms with Crippen molar-refractivity contribution < 1.29 is 4.39 Å². The monoisotopic (exact) mass is 202 g/mol. The Morgan fingerprint density at radius 1 is 1.47 bits per heavy atom. The highest BCUT2D eigenvalue weighted by atomic mass is 19.1. The number of halogens is 1. The molecule has 0 radical (unpaired) electrons. The Kier molecular flexibility index (Phi) is 2.42. The van der Waals surface area contributed by atoms with Crippen molar-refractivity contribution in [3.8, 4) is 6.07 Å². The summed E-state index contributed by atoms with van der Waals surface area (Å²) >= 11 is 0. The molecule has 0 N–H and O–H groups in total. The minimum Gasteiger partial charge on any atom is -0.249 e. The molecule has 1 aromatic carbocycles. The van der Waals surface area contributed by atoms with Gasteiger partial charge in [0.1, 0.15) is 24.5 Å². The Labute approximate surface area is 85.6 Å². The summed E-state index contributed by atoms with van der Waals surface area (Å²) in [6, 6.07) is 6.21. The third-order valence-corrected chi connectivity index (χ3v) is 1.96. The molecule has 0 atom stereocenters. The zero-order valence-electron chi connectivity index (χ0n) is 7.76. The summed E-state index contributed by atoms with van der Waals surface area (Å²) < 4.78 is 14.6. The van der Waals surface area contributed by atoms with Crippen molar-refractivity contribution in [3.63, 3.8) is 0 Å². The first-order valence-electron chi connectivity index (χ1n) is 4.30. The van der Waals surface area contributed by atoms with E-state index in [0.29, 0.717) is 6.54 Å². The molecule has 2 rings (SSSR count). The number of benzene rings is 1. The van der Waals surface area contributed by atoms with Crippen LogP contribution in [0.2, 0.25) is 0 Å². The Bertz CT molecular complexity index is 499. The van der Waals surface area contributed by atoms with E-state index in [1.54, 1.807) is 23.1 Å². The summed E-state index contributed by atoms with van der Waals surface area (Å²) in [5, 5.41) is 12.6. The molecule has 15 heavy (non-hydrogen) atoms. The highest BCUT2D eigenvalue weighted by Crippen LogP contribution is 2.10. The Morgan fingerprint density at radius 3 is 3.00 bits per heavy atom. The van der Waals surface area contributed by atoms with Crippen LogP contribution >= 0.6 is 0 Å². The van der Waals surface area contributed by atoms with Crippen molar-refractivity contribution in [2.45, 2.75) is 6.54 Å². The fourth-order valence-electron chi connectivity index (χ4n) is 1.26. The maximum atomic E-state index is 13.0. The van der Waals surface area contributed by atoms with Crippen molar-refractivity contribution in [2.24, 2.45) is 0 Å². The number of hydrogen-bond donors (Lipinski definition) is 0. The first kappa shape index (κ1) is 9.34. The van der Waals surface area contributed by atoms with Crippen molar-refractivity contribution in [1.29, 1.82) is 5.26 Å². The summed E-state index contributed by atoms with van der Waals surface area (Å²) in [6.07, 6.45) is 2.99. The zero-order chi connectivity index (χ0) is 10.7. The zero-order valence-corrected chi connectivity index (χ0v) is 7.76. The predicted molar refractivity (Wildman–Crippen MR) is 50.2 cm³/mol. The first-order chi connectivity index (χ1) is 7.29. The molecule has 74 valence electrons. The lowest BCUT2D eigenvalue weighted by Gasteiger charge is -2.01. The van der Waals surface area contributed by atoms with Gasteiger partial charge in [0.25, 0.3) is 0 Å². The Hall–Kier alpha value is -2.22. The second-order valence-electron chi connectivity index (χ2n) is 3.02. The molecule has 5 heteroatoms. The van der Waals surface area contributed by atoms with E-state index in [1.807, 2.05) is 0 Å². The Balaban J connectivity index is 2.27. The summed E-state index contributed by atoms with van der Waals surface area (Å²) in [5.41, 5.74) is 0.867. The highest BCUT2D eigenvalue weighted by Gasteiger charge is 2.03. The van der Waals surface area contributed by atoms with Gasteiger partial charge in [-0.25, -0.2) is 14.1 Å². The van der Waals surface area contributed by atoms with E-state index >= 15 is 0 Å². The molecule has 0 amide bonds. The van der Waals surface area contributed by atoms with Gasteiger partial charge in [-0.3, -0.25) is 0 Å². The van der Waals surface area contributed by atoms with Crippen molar-refractivity contribution in [3.05, 3.63) is 47.8 Å². The van der Waals surface area contributed by atoms with Crippen LogP contribution in [0, 0.1) is 17.1 Å². The van der Waals surface area contributed by atoms with Gasteiger partial charge in [-0.1, -0.05) is 6.07 Å². The van der Waals surface area contributed by atoms with Gasteiger partial charge in [0, 0.05) is 0 Å². The minimum atomic E-state index is -0.500. The fraction of sp³-hybridized carbons (Fsp3) is 0.100. The van der Waals surface area contributed by atoms with Crippen LogP contribution in [0.3, 0.4) is 0 Å². The molecule has 0 aliphatic heterocycles. The molecule has 0 unspecified atom stereocenters. The number of rotatable bonds is 2. The van der Waals surface area contributed by atoms with E-state index in [2.05, 4.69) is 10.1 Å². The molecule has 0 spiro atoms. The summed E-state index contributed by atoms with van der Waals surface area (Å²) in [5.74, 6) is -0.500. The molecule has 0 bridgehead atoms. The molecule has 0 saturated heterocycles. The molecule has 1 aromatic heterocycles. The molecule has 0 aliphatic rings. The SMILES string of the molecule is N#Cc1cc(Cn2cncn2)ccc1F. The second-order valence-corrected chi connectivity index (χ2v) is 3.02. The molecule has 1 heterocycles. The van der Waals surface area contributed by atoms with Gasteiger partial charge in [-0.15, -0.1) is 0 Å². The molecular weight excluding hydrogens is 195 g/mol. The third kappa shape index (κ3) is 1.99. The average molecular weight is 202 g/mol. The fourth-order valence-corrected chi connectivity index (χ4v) is 1.26. The van der Waals surface area contributed by atoms with Gasteiger partial charge in [-0.05, 0) is 17.7 Å². The predicted octanol–water partition coefficient (Wildman–Crippen LogP) is 1.34. The summed E-state index contributed by atoms with van der Waals surface area (Å²) in [6.45, 7) is 0.481. The normalized spacial score (nSPS) is 9.87. The molecular formula is C10H7FN4. The largest absolute Gasteiger partial charge is 0.249 e.